The molecule has 228 valence electrons. The Kier molecular flexibility index (Phi) is 16.1. The Morgan fingerprint density at radius 2 is 1.07 bits per heavy atom. The van der Waals surface area contributed by atoms with Gasteiger partial charge in [0.05, 0.1) is 24.5 Å². The van der Waals surface area contributed by atoms with Crippen molar-refractivity contribution in [2.45, 2.75) is 110 Å². The van der Waals surface area contributed by atoms with Crippen LogP contribution in [0.3, 0.4) is 0 Å². The third-order valence-electron chi connectivity index (χ3n) is 7.36. The molecule has 3 rings (SSSR count). The molecular formula is C36H50N2O4. The summed E-state index contributed by atoms with van der Waals surface area (Å²) >= 11 is 0. The maximum atomic E-state index is 12.6. The van der Waals surface area contributed by atoms with Crippen LogP contribution < -0.4 is 14.2 Å². The summed E-state index contributed by atoms with van der Waals surface area (Å²) in [7, 11) is 0. The second-order valence-electron chi connectivity index (χ2n) is 11.0. The number of unbranched alkanes of at least 4 members (excludes halogenated alkanes) is 13. The van der Waals surface area contributed by atoms with Gasteiger partial charge in [-0.3, -0.25) is 0 Å². The van der Waals surface area contributed by atoms with Crippen LogP contribution in [0, 0.1) is 0 Å². The first-order chi connectivity index (χ1) is 20.7. The molecule has 6 heteroatoms. The number of hydrogen-bond acceptors (Lipinski definition) is 6. The van der Waals surface area contributed by atoms with E-state index < -0.39 is 5.97 Å². The van der Waals surface area contributed by atoms with Crippen molar-refractivity contribution >= 4 is 5.97 Å². The summed E-state index contributed by atoms with van der Waals surface area (Å²) in [5.41, 5.74) is 2.10. The molecule has 0 aliphatic heterocycles. The van der Waals surface area contributed by atoms with Crippen molar-refractivity contribution in [1.29, 1.82) is 0 Å². The highest BCUT2D eigenvalue weighted by Gasteiger charge is 2.10. The van der Waals surface area contributed by atoms with Gasteiger partial charge in [0.2, 0.25) is 5.88 Å². The number of hydrogen-bond donors (Lipinski definition) is 0. The molecular weight excluding hydrogens is 524 g/mol. The molecule has 2 aromatic carbocycles. The highest BCUT2D eigenvalue weighted by atomic mass is 16.5. The Morgan fingerprint density at radius 1 is 0.548 bits per heavy atom. The predicted octanol–water partition coefficient (Wildman–Crippen LogP) is 10.0. The van der Waals surface area contributed by atoms with Crippen molar-refractivity contribution in [2.75, 3.05) is 13.2 Å². The predicted molar refractivity (Wildman–Crippen MR) is 170 cm³/mol. The molecule has 3 aromatic rings. The van der Waals surface area contributed by atoms with Gasteiger partial charge in [-0.25, -0.2) is 4.79 Å². The molecule has 42 heavy (non-hydrogen) atoms. The number of carbonyl (C=O) groups excluding carboxylic acids is 1. The highest BCUT2D eigenvalue weighted by molar-refractivity contribution is 5.91. The van der Waals surface area contributed by atoms with E-state index in [1.807, 2.05) is 36.4 Å². The minimum absolute atomic E-state index is 0.403. The lowest BCUT2D eigenvalue weighted by molar-refractivity contribution is 0.0734. The van der Waals surface area contributed by atoms with Crippen LogP contribution in [-0.2, 0) is 0 Å². The van der Waals surface area contributed by atoms with Crippen LogP contribution in [0.5, 0.6) is 17.4 Å². The minimum atomic E-state index is -0.403. The molecule has 0 spiro atoms. The van der Waals surface area contributed by atoms with Gasteiger partial charge in [0.25, 0.3) is 0 Å². The van der Waals surface area contributed by atoms with Gasteiger partial charge >= 0.3 is 5.97 Å². The van der Waals surface area contributed by atoms with Gasteiger partial charge in [0.1, 0.15) is 11.5 Å². The van der Waals surface area contributed by atoms with Crippen molar-refractivity contribution in [1.82, 2.24) is 10.2 Å². The monoisotopic (exact) mass is 574 g/mol. The standard InChI is InChI=1S/C36H50N2O4/c1-3-5-7-9-11-12-13-15-16-28-40-32-22-20-31(21-23-32)36(39)42-33-24-18-30(19-25-33)34-26-27-35(38-37-34)41-29-17-14-10-8-6-4-2/h18-27H,3-17,28-29H2,1-2H3. The second-order valence-corrected chi connectivity index (χ2v) is 11.0. The van der Waals surface area contributed by atoms with E-state index in [9.17, 15) is 4.79 Å². The quantitative estimate of drug-likeness (QED) is 0.0675. The summed E-state index contributed by atoms with van der Waals surface area (Å²) in [5.74, 6) is 1.38. The molecule has 0 amide bonds. The van der Waals surface area contributed by atoms with Crippen LogP contribution in [0.1, 0.15) is 121 Å². The second kappa shape index (κ2) is 20.5. The SMILES string of the molecule is CCCCCCCCCCCOc1ccc(C(=O)Oc2ccc(-c3ccc(OCCCCCCCC)nn3)cc2)cc1. The molecule has 0 aliphatic rings. The lowest BCUT2D eigenvalue weighted by Crippen LogP contribution is -2.08. The fourth-order valence-corrected chi connectivity index (χ4v) is 4.76. The largest absolute Gasteiger partial charge is 0.494 e. The van der Waals surface area contributed by atoms with Crippen LogP contribution in [-0.4, -0.2) is 29.4 Å². The summed E-state index contributed by atoms with van der Waals surface area (Å²) in [4.78, 5) is 12.6. The Hall–Kier alpha value is -3.41. The van der Waals surface area contributed by atoms with E-state index in [4.69, 9.17) is 14.2 Å². The molecule has 0 aliphatic carbocycles. The summed E-state index contributed by atoms with van der Waals surface area (Å²) in [5, 5.41) is 8.49. The number of aromatic nitrogens is 2. The van der Waals surface area contributed by atoms with E-state index in [-0.39, 0.29) is 0 Å². The summed E-state index contributed by atoms with van der Waals surface area (Å²) < 4.78 is 17.1. The number of ether oxygens (including phenoxy) is 3. The van der Waals surface area contributed by atoms with Crippen molar-refractivity contribution in [3.8, 4) is 28.6 Å². The topological polar surface area (TPSA) is 70.5 Å². The van der Waals surface area contributed by atoms with E-state index in [0.29, 0.717) is 30.4 Å². The van der Waals surface area contributed by atoms with Crippen LogP contribution in [0.4, 0.5) is 0 Å². The molecule has 0 radical (unpaired) electrons. The first-order valence-corrected chi connectivity index (χ1v) is 16.2. The van der Waals surface area contributed by atoms with Gasteiger partial charge in [-0.15, -0.1) is 10.2 Å². The average molecular weight is 575 g/mol. The first-order valence-electron chi connectivity index (χ1n) is 16.2. The number of esters is 1. The van der Waals surface area contributed by atoms with Gasteiger partial charge in [-0.2, -0.15) is 0 Å². The summed E-state index contributed by atoms with van der Waals surface area (Å²) in [6.07, 6.45) is 18.9. The molecule has 1 heterocycles. The van der Waals surface area contributed by atoms with Crippen LogP contribution in [0.2, 0.25) is 0 Å². The van der Waals surface area contributed by atoms with E-state index in [1.165, 1.54) is 83.5 Å². The van der Waals surface area contributed by atoms with Gasteiger partial charge in [0, 0.05) is 11.6 Å². The highest BCUT2D eigenvalue weighted by Crippen LogP contribution is 2.23. The lowest BCUT2D eigenvalue weighted by Gasteiger charge is -2.08. The molecule has 0 saturated carbocycles. The Balaban J connectivity index is 1.33. The van der Waals surface area contributed by atoms with Crippen molar-refractivity contribution in [3.05, 3.63) is 66.2 Å². The Bertz CT molecular complexity index is 1110. The van der Waals surface area contributed by atoms with Crippen LogP contribution in [0.25, 0.3) is 11.3 Å². The van der Waals surface area contributed by atoms with Gasteiger partial charge < -0.3 is 14.2 Å². The number of nitrogens with zero attached hydrogens (tertiary/aromatic N) is 2. The maximum Gasteiger partial charge on any atom is 0.343 e. The third kappa shape index (κ3) is 13.1. The molecule has 0 N–H and O–H groups in total. The van der Waals surface area contributed by atoms with E-state index in [2.05, 4.69) is 24.0 Å². The zero-order chi connectivity index (χ0) is 29.7. The molecule has 0 saturated heterocycles. The van der Waals surface area contributed by atoms with Gasteiger partial charge in [0.15, 0.2) is 0 Å². The molecule has 6 nitrogen and oxygen atoms in total. The first kappa shape index (κ1) is 33.1. The minimum Gasteiger partial charge on any atom is -0.494 e. The lowest BCUT2D eigenvalue weighted by atomic mass is 10.1. The molecule has 0 unspecified atom stereocenters. The summed E-state index contributed by atoms with van der Waals surface area (Å²) in [6, 6.07) is 18.1. The molecule has 0 atom stereocenters. The van der Waals surface area contributed by atoms with Crippen molar-refractivity contribution in [3.63, 3.8) is 0 Å². The Labute approximate surface area is 253 Å². The summed E-state index contributed by atoms with van der Waals surface area (Å²) in [6.45, 7) is 5.84. The van der Waals surface area contributed by atoms with Gasteiger partial charge in [-0.1, -0.05) is 97.3 Å². The van der Waals surface area contributed by atoms with Crippen molar-refractivity contribution in [2.24, 2.45) is 0 Å². The van der Waals surface area contributed by atoms with Crippen molar-refractivity contribution < 1.29 is 19.0 Å². The third-order valence-corrected chi connectivity index (χ3v) is 7.36. The maximum absolute atomic E-state index is 12.6. The zero-order valence-corrected chi connectivity index (χ0v) is 25.8. The molecule has 0 fully saturated rings. The molecule has 1 aromatic heterocycles. The van der Waals surface area contributed by atoms with E-state index >= 15 is 0 Å². The molecule has 0 bridgehead atoms. The Morgan fingerprint density at radius 3 is 1.62 bits per heavy atom. The van der Waals surface area contributed by atoms with Crippen LogP contribution in [0.15, 0.2) is 60.7 Å². The smallest absolute Gasteiger partial charge is 0.343 e. The zero-order valence-electron chi connectivity index (χ0n) is 25.8. The van der Waals surface area contributed by atoms with E-state index in [0.717, 1.165) is 29.8 Å². The number of benzene rings is 2. The fraction of sp³-hybridized carbons (Fsp3) is 0.528. The fourth-order valence-electron chi connectivity index (χ4n) is 4.76. The number of rotatable bonds is 22. The van der Waals surface area contributed by atoms with E-state index in [1.54, 1.807) is 24.3 Å². The van der Waals surface area contributed by atoms with Gasteiger partial charge in [-0.05, 0) is 67.4 Å². The normalized spacial score (nSPS) is 10.9. The van der Waals surface area contributed by atoms with Crippen LogP contribution >= 0.6 is 0 Å². The average Bonchev–Trinajstić information content (AvgIpc) is 3.02. The number of carbonyl (C=O) groups is 1.